The smallest absolute Gasteiger partial charge is 0.125 e. The van der Waals surface area contributed by atoms with E-state index in [4.69, 9.17) is 0 Å². The predicted octanol–water partition coefficient (Wildman–Crippen LogP) is 4.64. The van der Waals surface area contributed by atoms with Gasteiger partial charge in [0.1, 0.15) is 5.82 Å². The average Bonchev–Trinajstić information content (AvgIpc) is 2.58. The number of rotatable bonds is 4. The molecule has 0 unspecified atom stereocenters. The van der Waals surface area contributed by atoms with Crippen LogP contribution in [0, 0.1) is 6.92 Å². The Bertz CT molecular complexity index is 772. The zero-order valence-electron chi connectivity index (χ0n) is 12.6. The van der Waals surface area contributed by atoms with E-state index in [0.29, 0.717) is 0 Å². The van der Waals surface area contributed by atoms with Gasteiger partial charge in [-0.1, -0.05) is 54.2 Å². The van der Waals surface area contributed by atoms with Crippen LogP contribution in [-0.2, 0) is 0 Å². The van der Waals surface area contributed by atoms with Crippen LogP contribution in [0.25, 0.3) is 11.3 Å². The first-order valence-corrected chi connectivity index (χ1v) is 7.93. The highest BCUT2D eigenvalue weighted by Gasteiger charge is 2.11. The van der Waals surface area contributed by atoms with Gasteiger partial charge in [-0.3, -0.25) is 0 Å². The van der Waals surface area contributed by atoms with E-state index in [2.05, 4.69) is 39.6 Å². The molecule has 0 atom stereocenters. The van der Waals surface area contributed by atoms with E-state index in [9.17, 15) is 0 Å². The molecule has 3 rings (SSSR count). The molecule has 4 heteroatoms. The number of aromatic nitrogens is 2. The molecule has 3 aromatic rings. The third-order valence-electron chi connectivity index (χ3n) is 3.30. The van der Waals surface area contributed by atoms with Gasteiger partial charge in [-0.25, -0.2) is 9.97 Å². The Morgan fingerprint density at radius 3 is 2.41 bits per heavy atom. The normalized spacial score (nSPS) is 10.5. The molecule has 22 heavy (non-hydrogen) atoms. The third kappa shape index (κ3) is 3.12. The minimum Gasteiger partial charge on any atom is -0.387 e. The lowest BCUT2D eigenvalue weighted by Crippen LogP contribution is -1.95. The van der Waals surface area contributed by atoms with Crippen LogP contribution in [0.3, 0.4) is 0 Å². The quantitative estimate of drug-likeness (QED) is 0.761. The number of para-hydroxylation sites is 1. The monoisotopic (exact) mass is 307 g/mol. The first-order valence-electron chi connectivity index (χ1n) is 7.11. The molecular weight excluding hydrogens is 290 g/mol. The van der Waals surface area contributed by atoms with Gasteiger partial charge in [0.05, 0.1) is 10.6 Å². The van der Waals surface area contributed by atoms with Crippen molar-refractivity contribution in [2.45, 2.75) is 16.7 Å². The molecule has 1 aromatic heterocycles. The van der Waals surface area contributed by atoms with Crippen LogP contribution in [0.4, 0.5) is 5.69 Å². The number of aryl methyl sites for hydroxylation is 1. The fourth-order valence-corrected chi connectivity index (χ4v) is 3.25. The number of hydrogen-bond donors (Lipinski definition) is 1. The van der Waals surface area contributed by atoms with Gasteiger partial charge in [0.25, 0.3) is 0 Å². The van der Waals surface area contributed by atoms with Crippen LogP contribution < -0.4 is 5.32 Å². The van der Waals surface area contributed by atoms with Crippen LogP contribution in [-0.4, -0.2) is 17.0 Å². The molecule has 0 fully saturated rings. The van der Waals surface area contributed by atoms with E-state index in [1.807, 2.05) is 50.5 Å². The average molecular weight is 307 g/mol. The Labute approximate surface area is 134 Å². The van der Waals surface area contributed by atoms with E-state index in [1.54, 1.807) is 11.8 Å². The Kier molecular flexibility index (Phi) is 4.39. The molecule has 0 aliphatic carbocycles. The van der Waals surface area contributed by atoms with Crippen LogP contribution in [0.2, 0.25) is 0 Å². The number of nitrogens with one attached hydrogen (secondary N) is 1. The van der Waals surface area contributed by atoms with Crippen molar-refractivity contribution < 1.29 is 0 Å². The van der Waals surface area contributed by atoms with Crippen molar-refractivity contribution >= 4 is 17.4 Å². The summed E-state index contributed by atoms with van der Waals surface area (Å²) in [7, 11) is 1.93. The molecule has 1 N–H and O–H groups in total. The summed E-state index contributed by atoms with van der Waals surface area (Å²) >= 11 is 1.68. The Morgan fingerprint density at radius 1 is 0.909 bits per heavy atom. The molecule has 3 nitrogen and oxygen atoms in total. The lowest BCUT2D eigenvalue weighted by atomic mass is 10.1. The highest BCUT2D eigenvalue weighted by molar-refractivity contribution is 7.99. The molecule has 0 saturated carbocycles. The Balaban J connectivity index is 2.04. The topological polar surface area (TPSA) is 37.8 Å². The number of benzene rings is 2. The largest absolute Gasteiger partial charge is 0.387 e. The lowest BCUT2D eigenvalue weighted by molar-refractivity contribution is 1.02. The minimum absolute atomic E-state index is 0.783. The molecule has 0 bridgehead atoms. The molecule has 110 valence electrons. The van der Waals surface area contributed by atoms with Gasteiger partial charge in [0, 0.05) is 29.4 Å². The third-order valence-corrected chi connectivity index (χ3v) is 4.39. The van der Waals surface area contributed by atoms with Gasteiger partial charge in [0.15, 0.2) is 0 Å². The van der Waals surface area contributed by atoms with E-state index in [1.165, 1.54) is 0 Å². The first kappa shape index (κ1) is 14.6. The van der Waals surface area contributed by atoms with Crippen molar-refractivity contribution in [3.63, 3.8) is 0 Å². The van der Waals surface area contributed by atoms with Gasteiger partial charge in [-0.2, -0.15) is 0 Å². The van der Waals surface area contributed by atoms with Gasteiger partial charge in [0.2, 0.25) is 0 Å². The zero-order chi connectivity index (χ0) is 15.4. The first-order chi connectivity index (χ1) is 10.8. The summed E-state index contributed by atoms with van der Waals surface area (Å²) in [4.78, 5) is 11.2. The molecule has 1 heterocycles. The maximum Gasteiger partial charge on any atom is 0.125 e. The Morgan fingerprint density at radius 2 is 1.64 bits per heavy atom. The van der Waals surface area contributed by atoms with Crippen LogP contribution in [0.15, 0.2) is 70.6 Å². The van der Waals surface area contributed by atoms with Gasteiger partial charge in [-0.15, -0.1) is 0 Å². The van der Waals surface area contributed by atoms with E-state index >= 15 is 0 Å². The summed E-state index contributed by atoms with van der Waals surface area (Å²) in [5.41, 5.74) is 3.19. The molecule has 0 aliphatic rings. The SMILES string of the molecule is CNc1ccccc1Sc1cnc(C)nc1-c1ccccc1. The summed E-state index contributed by atoms with van der Waals surface area (Å²) in [5, 5.41) is 3.22. The summed E-state index contributed by atoms with van der Waals surface area (Å²) in [6.07, 6.45) is 1.90. The van der Waals surface area contributed by atoms with Crippen LogP contribution >= 0.6 is 11.8 Å². The summed E-state index contributed by atoms with van der Waals surface area (Å²) in [5.74, 6) is 0.783. The number of nitrogens with zero attached hydrogens (tertiary/aromatic N) is 2. The molecule has 0 aliphatic heterocycles. The summed E-state index contributed by atoms with van der Waals surface area (Å²) in [6, 6.07) is 18.5. The highest BCUT2D eigenvalue weighted by Crippen LogP contribution is 2.37. The van der Waals surface area contributed by atoms with Crippen molar-refractivity contribution in [1.82, 2.24) is 9.97 Å². The fourth-order valence-electron chi connectivity index (χ4n) is 2.22. The molecule has 0 saturated heterocycles. The van der Waals surface area contributed by atoms with E-state index in [-0.39, 0.29) is 0 Å². The maximum absolute atomic E-state index is 4.64. The lowest BCUT2D eigenvalue weighted by Gasteiger charge is -2.11. The van der Waals surface area contributed by atoms with Crippen molar-refractivity contribution in [3.8, 4) is 11.3 Å². The molecule has 0 spiro atoms. The molecular formula is C18H17N3S. The van der Waals surface area contributed by atoms with Crippen molar-refractivity contribution in [2.75, 3.05) is 12.4 Å². The molecule has 0 amide bonds. The molecule has 2 aromatic carbocycles. The number of anilines is 1. The Hall–Kier alpha value is -2.33. The zero-order valence-corrected chi connectivity index (χ0v) is 13.4. The van der Waals surface area contributed by atoms with Crippen LogP contribution in [0.1, 0.15) is 5.82 Å². The maximum atomic E-state index is 4.64. The second-order valence-corrected chi connectivity index (χ2v) is 5.93. The predicted molar refractivity (Wildman–Crippen MR) is 92.3 cm³/mol. The van der Waals surface area contributed by atoms with Gasteiger partial charge < -0.3 is 5.32 Å². The molecule has 0 radical (unpaired) electrons. The standard InChI is InChI=1S/C18H17N3S/c1-13-20-12-17(18(21-13)14-8-4-3-5-9-14)22-16-11-7-6-10-15(16)19-2/h3-12,19H,1-2H3. The summed E-state index contributed by atoms with van der Waals surface area (Å²) in [6.45, 7) is 1.92. The van der Waals surface area contributed by atoms with Gasteiger partial charge in [-0.05, 0) is 19.1 Å². The minimum atomic E-state index is 0.783. The second kappa shape index (κ2) is 6.62. The fraction of sp³-hybridized carbons (Fsp3) is 0.111. The van der Waals surface area contributed by atoms with Crippen molar-refractivity contribution in [2.24, 2.45) is 0 Å². The van der Waals surface area contributed by atoms with Crippen molar-refractivity contribution in [3.05, 3.63) is 66.6 Å². The van der Waals surface area contributed by atoms with E-state index in [0.717, 1.165) is 32.6 Å². The summed E-state index contributed by atoms with van der Waals surface area (Å²) < 4.78 is 0. The number of hydrogen-bond acceptors (Lipinski definition) is 4. The highest BCUT2D eigenvalue weighted by atomic mass is 32.2. The van der Waals surface area contributed by atoms with Crippen LogP contribution in [0.5, 0.6) is 0 Å². The van der Waals surface area contributed by atoms with Crippen molar-refractivity contribution in [1.29, 1.82) is 0 Å². The van der Waals surface area contributed by atoms with Gasteiger partial charge >= 0.3 is 0 Å². The van der Waals surface area contributed by atoms with E-state index < -0.39 is 0 Å². The second-order valence-electron chi connectivity index (χ2n) is 4.84.